The second-order valence-corrected chi connectivity index (χ2v) is 5.64. The average Bonchev–Trinajstić information content (AvgIpc) is 2.90. The Morgan fingerprint density at radius 3 is 2.42 bits per heavy atom. The maximum absolute atomic E-state index is 4.58. The normalized spacial score (nSPS) is 11.9. The molecule has 2 heterocycles. The zero-order chi connectivity index (χ0) is 13.5. The van der Waals surface area contributed by atoms with Crippen molar-refractivity contribution in [3.05, 3.63) is 48.4 Å². The molecular weight excluding hydrogens is 236 g/mol. The minimum atomic E-state index is 0.0630. The lowest BCUT2D eigenvalue weighted by Gasteiger charge is -2.21. The van der Waals surface area contributed by atoms with Crippen molar-refractivity contribution in [2.75, 3.05) is 0 Å². The highest BCUT2D eigenvalue weighted by Gasteiger charge is 2.19. The predicted molar refractivity (Wildman–Crippen MR) is 75.4 cm³/mol. The molecule has 0 saturated heterocycles. The van der Waals surface area contributed by atoms with Crippen molar-refractivity contribution >= 4 is 10.8 Å². The standard InChI is InChI=1S/C15H16N4/c1-15(2,3)13-10-16-14(19-9-8-17-18-19)12-7-5-4-6-11(12)13/h4-10H,1-3H3. The van der Waals surface area contributed by atoms with Gasteiger partial charge in [-0.2, -0.15) is 0 Å². The van der Waals surface area contributed by atoms with Gasteiger partial charge >= 0.3 is 0 Å². The van der Waals surface area contributed by atoms with Crippen LogP contribution in [0.5, 0.6) is 0 Å². The quantitative estimate of drug-likeness (QED) is 0.668. The van der Waals surface area contributed by atoms with E-state index in [4.69, 9.17) is 0 Å². The number of nitrogens with zero attached hydrogens (tertiary/aromatic N) is 4. The van der Waals surface area contributed by atoms with E-state index in [2.05, 4.69) is 54.3 Å². The number of hydrogen-bond acceptors (Lipinski definition) is 3. The smallest absolute Gasteiger partial charge is 0.162 e. The van der Waals surface area contributed by atoms with Gasteiger partial charge in [0.2, 0.25) is 0 Å². The lowest BCUT2D eigenvalue weighted by Crippen LogP contribution is -2.13. The molecule has 4 nitrogen and oxygen atoms in total. The molecule has 0 aliphatic heterocycles. The van der Waals surface area contributed by atoms with Crippen LogP contribution >= 0.6 is 0 Å². The average molecular weight is 252 g/mol. The van der Waals surface area contributed by atoms with Crippen molar-refractivity contribution < 1.29 is 0 Å². The summed E-state index contributed by atoms with van der Waals surface area (Å²) < 4.78 is 1.70. The number of pyridine rings is 1. The van der Waals surface area contributed by atoms with E-state index in [9.17, 15) is 0 Å². The van der Waals surface area contributed by atoms with Gasteiger partial charge in [-0.15, -0.1) is 5.10 Å². The van der Waals surface area contributed by atoms with Crippen LogP contribution in [0.25, 0.3) is 16.6 Å². The van der Waals surface area contributed by atoms with Crippen LogP contribution in [0, 0.1) is 0 Å². The first kappa shape index (κ1) is 11.8. The van der Waals surface area contributed by atoms with Gasteiger partial charge < -0.3 is 0 Å². The van der Waals surface area contributed by atoms with Gasteiger partial charge in [-0.3, -0.25) is 0 Å². The minimum absolute atomic E-state index is 0.0630. The monoisotopic (exact) mass is 252 g/mol. The highest BCUT2D eigenvalue weighted by atomic mass is 15.4. The molecule has 0 saturated carbocycles. The summed E-state index contributed by atoms with van der Waals surface area (Å²) in [5, 5.41) is 10.2. The molecule has 3 rings (SSSR count). The molecule has 2 aromatic heterocycles. The molecule has 0 amide bonds. The fourth-order valence-electron chi connectivity index (χ4n) is 2.28. The van der Waals surface area contributed by atoms with Crippen LogP contribution in [0.2, 0.25) is 0 Å². The van der Waals surface area contributed by atoms with Crippen LogP contribution in [-0.2, 0) is 5.41 Å². The van der Waals surface area contributed by atoms with Gasteiger partial charge in [-0.05, 0) is 16.4 Å². The van der Waals surface area contributed by atoms with Gasteiger partial charge in [-0.25, -0.2) is 9.67 Å². The summed E-state index contributed by atoms with van der Waals surface area (Å²) in [6.45, 7) is 6.60. The third-order valence-electron chi connectivity index (χ3n) is 3.22. The van der Waals surface area contributed by atoms with Crippen LogP contribution in [0.15, 0.2) is 42.9 Å². The van der Waals surface area contributed by atoms with E-state index in [0.29, 0.717) is 0 Å². The van der Waals surface area contributed by atoms with E-state index in [-0.39, 0.29) is 5.41 Å². The molecule has 0 bridgehead atoms. The number of aromatic nitrogens is 4. The van der Waals surface area contributed by atoms with E-state index in [1.54, 1.807) is 10.9 Å². The Bertz CT molecular complexity index is 709. The van der Waals surface area contributed by atoms with Gasteiger partial charge in [0.05, 0.1) is 12.4 Å². The van der Waals surface area contributed by atoms with E-state index in [1.807, 2.05) is 18.5 Å². The molecule has 0 radical (unpaired) electrons. The highest BCUT2D eigenvalue weighted by Crippen LogP contribution is 2.31. The molecule has 1 aromatic carbocycles. The van der Waals surface area contributed by atoms with Crippen molar-refractivity contribution in [2.45, 2.75) is 26.2 Å². The summed E-state index contributed by atoms with van der Waals surface area (Å²) >= 11 is 0. The van der Waals surface area contributed by atoms with Gasteiger partial charge in [0.1, 0.15) is 0 Å². The second kappa shape index (κ2) is 4.16. The van der Waals surface area contributed by atoms with Crippen LogP contribution < -0.4 is 0 Å². The maximum Gasteiger partial charge on any atom is 0.162 e. The largest absolute Gasteiger partial charge is 0.236 e. The van der Waals surface area contributed by atoms with Crippen molar-refractivity contribution in [1.29, 1.82) is 0 Å². The van der Waals surface area contributed by atoms with Crippen LogP contribution in [0.1, 0.15) is 26.3 Å². The number of hydrogen-bond donors (Lipinski definition) is 0. The van der Waals surface area contributed by atoms with Gasteiger partial charge in [0.25, 0.3) is 0 Å². The van der Waals surface area contributed by atoms with E-state index in [1.165, 1.54) is 10.9 Å². The number of rotatable bonds is 1. The Kier molecular flexibility index (Phi) is 2.59. The van der Waals surface area contributed by atoms with Gasteiger partial charge in [0, 0.05) is 11.6 Å². The lowest BCUT2D eigenvalue weighted by atomic mass is 9.85. The topological polar surface area (TPSA) is 43.6 Å². The summed E-state index contributed by atoms with van der Waals surface area (Å²) in [7, 11) is 0. The molecule has 19 heavy (non-hydrogen) atoms. The Morgan fingerprint density at radius 1 is 1.05 bits per heavy atom. The Hall–Kier alpha value is -2.23. The van der Waals surface area contributed by atoms with Crippen LogP contribution in [-0.4, -0.2) is 20.0 Å². The molecule has 0 N–H and O–H groups in total. The highest BCUT2D eigenvalue weighted by molar-refractivity contribution is 5.91. The number of benzene rings is 1. The molecule has 0 aliphatic rings. The summed E-state index contributed by atoms with van der Waals surface area (Å²) in [6.07, 6.45) is 5.42. The molecule has 0 spiro atoms. The molecule has 0 fully saturated rings. The summed E-state index contributed by atoms with van der Waals surface area (Å²) in [4.78, 5) is 4.58. The molecule has 0 atom stereocenters. The van der Waals surface area contributed by atoms with Crippen LogP contribution in [0.3, 0.4) is 0 Å². The Labute approximate surface area is 112 Å². The summed E-state index contributed by atoms with van der Waals surface area (Å²) in [5.74, 6) is 0.820. The lowest BCUT2D eigenvalue weighted by molar-refractivity contribution is 0.592. The fraction of sp³-hybridized carbons (Fsp3) is 0.267. The van der Waals surface area contributed by atoms with Crippen molar-refractivity contribution in [2.24, 2.45) is 0 Å². The van der Waals surface area contributed by atoms with E-state index >= 15 is 0 Å². The SMILES string of the molecule is CC(C)(C)c1cnc(-n2ccnn2)c2ccccc12. The Morgan fingerprint density at radius 2 is 1.79 bits per heavy atom. The summed E-state index contributed by atoms with van der Waals surface area (Å²) in [5.41, 5.74) is 1.31. The molecule has 4 heteroatoms. The molecule has 0 unspecified atom stereocenters. The first-order valence-electron chi connectivity index (χ1n) is 6.32. The molecular formula is C15H16N4. The van der Waals surface area contributed by atoms with Crippen molar-refractivity contribution in [3.63, 3.8) is 0 Å². The van der Waals surface area contributed by atoms with Crippen molar-refractivity contribution in [1.82, 2.24) is 20.0 Å². The predicted octanol–water partition coefficient (Wildman–Crippen LogP) is 3.11. The zero-order valence-electron chi connectivity index (χ0n) is 11.3. The third-order valence-corrected chi connectivity index (χ3v) is 3.22. The molecule has 0 aliphatic carbocycles. The van der Waals surface area contributed by atoms with E-state index < -0.39 is 0 Å². The zero-order valence-corrected chi connectivity index (χ0v) is 11.3. The molecule has 96 valence electrons. The summed E-state index contributed by atoms with van der Waals surface area (Å²) in [6, 6.07) is 8.30. The van der Waals surface area contributed by atoms with Crippen LogP contribution in [0.4, 0.5) is 0 Å². The molecule has 3 aromatic rings. The first-order valence-corrected chi connectivity index (χ1v) is 6.32. The first-order chi connectivity index (χ1) is 9.07. The Balaban J connectivity index is 2.35. The van der Waals surface area contributed by atoms with Gasteiger partial charge in [-0.1, -0.05) is 50.3 Å². The third kappa shape index (κ3) is 1.99. The van der Waals surface area contributed by atoms with Gasteiger partial charge in [0.15, 0.2) is 5.82 Å². The van der Waals surface area contributed by atoms with Crippen molar-refractivity contribution in [3.8, 4) is 5.82 Å². The maximum atomic E-state index is 4.58. The second-order valence-electron chi connectivity index (χ2n) is 5.64. The number of fused-ring (bicyclic) bond motifs is 1. The minimum Gasteiger partial charge on any atom is -0.236 e. The fourth-order valence-corrected chi connectivity index (χ4v) is 2.28. The van der Waals surface area contributed by atoms with E-state index in [0.717, 1.165) is 11.2 Å².